The molecule has 1 heterocycles. The van der Waals surface area contributed by atoms with E-state index in [2.05, 4.69) is 10.7 Å². The van der Waals surface area contributed by atoms with Gasteiger partial charge in [-0.3, -0.25) is 14.6 Å². The Bertz CT molecular complexity index is 596. The molecule has 2 fully saturated rings. The quantitative estimate of drug-likeness (QED) is 0.325. The Hall–Kier alpha value is -1.31. The minimum Gasteiger partial charge on any atom is -0.354 e. The van der Waals surface area contributed by atoms with E-state index in [1.54, 1.807) is 30.0 Å². The van der Waals surface area contributed by atoms with Gasteiger partial charge in [-0.05, 0) is 25.7 Å². The molecule has 1 aliphatic carbocycles. The zero-order valence-electron chi connectivity index (χ0n) is 15.4. The molecule has 0 radical (unpaired) electrons. The van der Waals surface area contributed by atoms with Gasteiger partial charge in [-0.2, -0.15) is 0 Å². The summed E-state index contributed by atoms with van der Waals surface area (Å²) >= 11 is 12.2. The van der Waals surface area contributed by atoms with Crippen molar-refractivity contribution < 1.29 is 9.59 Å². The summed E-state index contributed by atoms with van der Waals surface area (Å²) in [5.41, 5.74) is 3.49. The molecule has 2 rings (SSSR count). The van der Waals surface area contributed by atoms with E-state index in [4.69, 9.17) is 28.6 Å². The van der Waals surface area contributed by atoms with Gasteiger partial charge in [0.1, 0.15) is 16.9 Å². The van der Waals surface area contributed by atoms with Gasteiger partial charge in [0.25, 0.3) is 0 Å². The lowest BCUT2D eigenvalue weighted by Crippen LogP contribution is -2.50. The first-order valence-electron chi connectivity index (χ1n) is 8.84. The van der Waals surface area contributed by atoms with E-state index in [9.17, 15) is 9.59 Å². The highest BCUT2D eigenvalue weighted by Crippen LogP contribution is 2.58. The molecule has 2 aliphatic rings. The van der Waals surface area contributed by atoms with Crippen LogP contribution < -0.4 is 10.7 Å². The van der Waals surface area contributed by atoms with E-state index >= 15 is 0 Å². The van der Waals surface area contributed by atoms with Crippen LogP contribution in [0.4, 0.5) is 0 Å². The highest BCUT2D eigenvalue weighted by Gasteiger charge is 2.60. The molecular weight excluding hydrogens is 377 g/mol. The molecule has 0 spiro atoms. The molecule has 3 N–H and O–H groups in total. The zero-order chi connectivity index (χ0) is 19.5. The number of likely N-dealkylation sites (tertiary alicyclic amines) is 1. The van der Waals surface area contributed by atoms with Crippen molar-refractivity contribution in [2.45, 2.75) is 37.1 Å². The minimum absolute atomic E-state index is 0.0463. The highest BCUT2D eigenvalue weighted by atomic mass is 35.5. The van der Waals surface area contributed by atoms with Crippen LogP contribution in [0.2, 0.25) is 0 Å². The Balaban J connectivity index is 1.92. The fourth-order valence-electron chi connectivity index (χ4n) is 3.38. The van der Waals surface area contributed by atoms with Gasteiger partial charge in [-0.1, -0.05) is 13.0 Å². The van der Waals surface area contributed by atoms with Gasteiger partial charge in [-0.15, -0.1) is 23.2 Å². The summed E-state index contributed by atoms with van der Waals surface area (Å²) in [7, 11) is 1.69. The van der Waals surface area contributed by atoms with E-state index in [0.717, 1.165) is 6.42 Å². The second-order valence-corrected chi connectivity index (χ2v) is 8.17. The average molecular weight is 404 g/mol. The Morgan fingerprint density at radius 2 is 2.08 bits per heavy atom. The SMILES string of the molecule is C/C=C(/C=N)N(CC(=O)N1CCCC1C(=O)NCC1C(C)C1(Cl)Cl)NC. The first-order valence-corrected chi connectivity index (χ1v) is 9.60. The second kappa shape index (κ2) is 8.59. The van der Waals surface area contributed by atoms with E-state index in [-0.39, 0.29) is 30.2 Å². The van der Waals surface area contributed by atoms with Crippen molar-refractivity contribution in [2.75, 3.05) is 26.7 Å². The van der Waals surface area contributed by atoms with Crippen LogP contribution >= 0.6 is 23.2 Å². The van der Waals surface area contributed by atoms with Crippen LogP contribution in [-0.4, -0.2) is 65.0 Å². The number of hydrogen-bond acceptors (Lipinski definition) is 5. The molecule has 146 valence electrons. The maximum Gasteiger partial charge on any atom is 0.244 e. The standard InChI is InChI=1S/C17H27Cl2N5O2/c1-4-12(8-20)24(21-3)10-15(25)23-7-5-6-14(23)16(26)22-9-13-11(2)17(13,18)19/h4,8,11,13-14,20-21H,5-7,9-10H2,1-3H3,(H,22,26)/b12-4-,20-8?. The van der Waals surface area contributed by atoms with Crippen molar-refractivity contribution in [1.29, 1.82) is 5.41 Å². The Kier molecular flexibility index (Phi) is 6.93. The molecule has 0 aromatic rings. The summed E-state index contributed by atoms with van der Waals surface area (Å²) in [6, 6.07) is -0.468. The van der Waals surface area contributed by atoms with E-state index in [0.29, 0.717) is 25.2 Å². The number of halogens is 2. The van der Waals surface area contributed by atoms with Gasteiger partial charge >= 0.3 is 0 Å². The van der Waals surface area contributed by atoms with Crippen molar-refractivity contribution in [3.8, 4) is 0 Å². The number of carbonyl (C=O) groups excluding carboxylic acids is 2. The molecule has 7 nitrogen and oxygen atoms in total. The lowest BCUT2D eigenvalue weighted by molar-refractivity contribution is -0.139. The predicted molar refractivity (Wildman–Crippen MR) is 103 cm³/mol. The van der Waals surface area contributed by atoms with Crippen LogP contribution in [0, 0.1) is 17.2 Å². The first-order chi connectivity index (χ1) is 12.3. The number of carbonyl (C=O) groups is 2. The van der Waals surface area contributed by atoms with E-state index < -0.39 is 10.4 Å². The van der Waals surface area contributed by atoms with E-state index in [1.807, 2.05) is 6.92 Å². The van der Waals surface area contributed by atoms with Crippen LogP contribution in [0.25, 0.3) is 0 Å². The molecule has 1 saturated carbocycles. The summed E-state index contributed by atoms with van der Waals surface area (Å²) < 4.78 is -0.762. The van der Waals surface area contributed by atoms with Crippen molar-refractivity contribution in [1.82, 2.24) is 20.7 Å². The number of nitrogens with zero attached hydrogens (tertiary/aromatic N) is 2. The monoisotopic (exact) mass is 403 g/mol. The van der Waals surface area contributed by atoms with E-state index in [1.165, 1.54) is 6.21 Å². The Labute approximate surface area is 164 Å². The average Bonchev–Trinajstić information content (AvgIpc) is 2.99. The Morgan fingerprint density at radius 3 is 2.58 bits per heavy atom. The topological polar surface area (TPSA) is 88.5 Å². The molecule has 9 heteroatoms. The molecule has 0 aromatic carbocycles. The molecule has 3 unspecified atom stereocenters. The van der Waals surface area contributed by atoms with Crippen LogP contribution in [0.1, 0.15) is 26.7 Å². The lowest BCUT2D eigenvalue weighted by atomic mass is 10.2. The number of rotatable bonds is 8. The van der Waals surface area contributed by atoms with Gasteiger partial charge < -0.3 is 15.6 Å². The van der Waals surface area contributed by atoms with Gasteiger partial charge in [0.2, 0.25) is 11.8 Å². The second-order valence-electron chi connectivity index (χ2n) is 6.73. The van der Waals surface area contributed by atoms with Gasteiger partial charge in [0, 0.05) is 32.3 Å². The molecule has 1 aliphatic heterocycles. The summed E-state index contributed by atoms with van der Waals surface area (Å²) in [5, 5.41) is 11.9. The van der Waals surface area contributed by atoms with Gasteiger partial charge in [0.05, 0.1) is 5.70 Å². The molecule has 1 saturated heterocycles. The number of hydrazine groups is 1. The summed E-state index contributed by atoms with van der Waals surface area (Å²) in [4.78, 5) is 26.8. The fraction of sp³-hybridized carbons (Fsp3) is 0.706. The zero-order valence-corrected chi connectivity index (χ0v) is 16.9. The molecule has 26 heavy (non-hydrogen) atoms. The maximum atomic E-state index is 12.7. The minimum atomic E-state index is -0.762. The Morgan fingerprint density at radius 1 is 1.42 bits per heavy atom. The van der Waals surface area contributed by atoms with Crippen LogP contribution in [0.15, 0.2) is 11.8 Å². The number of hydrogen-bond donors (Lipinski definition) is 3. The number of amides is 2. The van der Waals surface area contributed by atoms with Crippen molar-refractivity contribution in [3.05, 3.63) is 11.8 Å². The van der Waals surface area contributed by atoms with Gasteiger partial charge in [0.15, 0.2) is 0 Å². The van der Waals surface area contributed by atoms with Crippen LogP contribution in [-0.2, 0) is 9.59 Å². The first kappa shape index (κ1) is 21.0. The third kappa shape index (κ3) is 4.32. The third-order valence-corrected chi connectivity index (χ3v) is 6.54. The molecular formula is C17H27Cl2N5O2. The third-order valence-electron chi connectivity index (χ3n) is 5.29. The number of nitrogens with one attached hydrogen (secondary N) is 3. The molecule has 0 aromatic heterocycles. The highest BCUT2D eigenvalue weighted by molar-refractivity contribution is 6.51. The summed E-state index contributed by atoms with van der Waals surface area (Å²) in [5.74, 6) is -0.114. The summed E-state index contributed by atoms with van der Waals surface area (Å²) in [6.07, 6.45) is 4.36. The molecule has 0 bridgehead atoms. The smallest absolute Gasteiger partial charge is 0.244 e. The lowest BCUT2D eigenvalue weighted by Gasteiger charge is -2.29. The van der Waals surface area contributed by atoms with Crippen LogP contribution in [0.3, 0.4) is 0 Å². The number of allylic oxidation sites excluding steroid dienone is 2. The largest absolute Gasteiger partial charge is 0.354 e. The van der Waals surface area contributed by atoms with Gasteiger partial charge in [-0.25, -0.2) is 5.43 Å². The maximum absolute atomic E-state index is 12.7. The fourth-order valence-corrected chi connectivity index (χ4v) is 4.09. The van der Waals surface area contributed by atoms with Crippen molar-refractivity contribution in [2.24, 2.45) is 11.8 Å². The van der Waals surface area contributed by atoms with Crippen molar-refractivity contribution >= 4 is 41.2 Å². The van der Waals surface area contributed by atoms with Crippen LogP contribution in [0.5, 0.6) is 0 Å². The molecule has 2 amide bonds. The normalized spacial score (nSPS) is 27.2. The number of alkyl halides is 2. The summed E-state index contributed by atoms with van der Waals surface area (Å²) in [6.45, 7) is 4.79. The predicted octanol–water partition coefficient (Wildman–Crippen LogP) is 1.52. The van der Waals surface area contributed by atoms with Crippen molar-refractivity contribution in [3.63, 3.8) is 0 Å². The molecule has 3 atom stereocenters.